The summed E-state index contributed by atoms with van der Waals surface area (Å²) in [4.78, 5) is 0. The molecular weight excluding hydrogens is 209 g/mol. The third kappa shape index (κ3) is 5.01. The molecular formula is C9H15F3N2O. The first-order valence-corrected chi connectivity index (χ1v) is 4.97. The highest BCUT2D eigenvalue weighted by Crippen LogP contribution is 2.14. The van der Waals surface area contributed by atoms with Crippen LogP contribution in [0.2, 0.25) is 0 Å². The molecule has 3 nitrogen and oxygen atoms in total. The molecule has 0 saturated carbocycles. The van der Waals surface area contributed by atoms with E-state index in [4.69, 9.17) is 0 Å². The molecule has 0 radical (unpaired) electrons. The Morgan fingerprint density at radius 1 is 1.47 bits per heavy atom. The average molecular weight is 224 g/mol. The fourth-order valence-electron chi connectivity index (χ4n) is 1.33. The van der Waals surface area contributed by atoms with Crippen molar-refractivity contribution in [1.82, 2.24) is 5.01 Å². The SMILES string of the molecule is CCC1=NN(CCOCC(F)(F)F)CC1. The third-order valence-electron chi connectivity index (χ3n) is 2.11. The first-order chi connectivity index (χ1) is 7.01. The summed E-state index contributed by atoms with van der Waals surface area (Å²) in [7, 11) is 0. The van der Waals surface area contributed by atoms with E-state index in [1.165, 1.54) is 0 Å². The van der Waals surface area contributed by atoms with Gasteiger partial charge in [-0.15, -0.1) is 0 Å². The maximum atomic E-state index is 11.7. The molecule has 6 heteroatoms. The number of nitrogens with zero attached hydrogens (tertiary/aromatic N) is 2. The summed E-state index contributed by atoms with van der Waals surface area (Å²) >= 11 is 0. The first kappa shape index (κ1) is 12.3. The largest absolute Gasteiger partial charge is 0.411 e. The van der Waals surface area contributed by atoms with Crippen molar-refractivity contribution in [1.29, 1.82) is 0 Å². The Hall–Kier alpha value is -0.780. The number of halogens is 3. The van der Waals surface area contributed by atoms with Crippen LogP contribution in [0.3, 0.4) is 0 Å². The van der Waals surface area contributed by atoms with Crippen molar-refractivity contribution in [2.75, 3.05) is 26.3 Å². The lowest BCUT2D eigenvalue weighted by Gasteiger charge is -2.14. The van der Waals surface area contributed by atoms with E-state index in [-0.39, 0.29) is 6.61 Å². The van der Waals surface area contributed by atoms with Crippen LogP contribution in [0.25, 0.3) is 0 Å². The van der Waals surface area contributed by atoms with Gasteiger partial charge < -0.3 is 4.74 Å². The van der Waals surface area contributed by atoms with Crippen LogP contribution in [-0.4, -0.2) is 43.2 Å². The molecule has 0 spiro atoms. The summed E-state index contributed by atoms with van der Waals surface area (Å²) in [6.07, 6.45) is -2.42. The predicted molar refractivity (Wildman–Crippen MR) is 50.8 cm³/mol. The Bertz CT molecular complexity index is 228. The molecule has 0 unspecified atom stereocenters. The highest BCUT2D eigenvalue weighted by Gasteiger charge is 2.27. The van der Waals surface area contributed by atoms with Gasteiger partial charge in [-0.3, -0.25) is 5.01 Å². The highest BCUT2D eigenvalue weighted by atomic mass is 19.4. The third-order valence-corrected chi connectivity index (χ3v) is 2.11. The second-order valence-corrected chi connectivity index (χ2v) is 3.39. The van der Waals surface area contributed by atoms with Gasteiger partial charge in [-0.25, -0.2) is 0 Å². The first-order valence-electron chi connectivity index (χ1n) is 4.97. The molecule has 1 heterocycles. The van der Waals surface area contributed by atoms with Gasteiger partial charge in [0.2, 0.25) is 0 Å². The summed E-state index contributed by atoms with van der Waals surface area (Å²) in [6, 6.07) is 0. The standard InChI is InChI=1S/C9H15F3N2O/c1-2-8-3-4-14(13-8)5-6-15-7-9(10,11)12/h2-7H2,1H3. The molecule has 0 aliphatic carbocycles. The summed E-state index contributed by atoms with van der Waals surface area (Å²) in [5.41, 5.74) is 1.10. The number of hydrogen-bond donors (Lipinski definition) is 0. The number of alkyl halides is 3. The van der Waals surface area contributed by atoms with Crippen LogP contribution in [0.4, 0.5) is 13.2 Å². The van der Waals surface area contributed by atoms with E-state index in [0.29, 0.717) is 6.54 Å². The average Bonchev–Trinajstić information content (AvgIpc) is 2.59. The Morgan fingerprint density at radius 3 is 2.73 bits per heavy atom. The van der Waals surface area contributed by atoms with Gasteiger partial charge >= 0.3 is 6.18 Å². The molecule has 0 amide bonds. The van der Waals surface area contributed by atoms with Crippen molar-refractivity contribution in [2.24, 2.45) is 5.10 Å². The van der Waals surface area contributed by atoms with Crippen molar-refractivity contribution < 1.29 is 17.9 Å². The maximum Gasteiger partial charge on any atom is 0.411 e. The van der Waals surface area contributed by atoms with Crippen LogP contribution in [0.15, 0.2) is 5.10 Å². The molecule has 0 aromatic carbocycles. The van der Waals surface area contributed by atoms with Gasteiger partial charge in [-0.05, 0) is 6.42 Å². The molecule has 88 valence electrons. The van der Waals surface area contributed by atoms with Gasteiger partial charge in [-0.1, -0.05) is 6.92 Å². The zero-order valence-corrected chi connectivity index (χ0v) is 8.68. The monoisotopic (exact) mass is 224 g/mol. The van der Waals surface area contributed by atoms with Crippen molar-refractivity contribution in [2.45, 2.75) is 25.9 Å². The molecule has 1 aliphatic heterocycles. The molecule has 1 aliphatic rings. The Morgan fingerprint density at radius 2 is 2.20 bits per heavy atom. The van der Waals surface area contributed by atoms with Gasteiger partial charge in [0.25, 0.3) is 0 Å². The van der Waals surface area contributed by atoms with Crippen molar-refractivity contribution >= 4 is 5.71 Å². The fraction of sp³-hybridized carbons (Fsp3) is 0.889. The lowest BCUT2D eigenvalue weighted by molar-refractivity contribution is -0.174. The molecule has 1 rings (SSSR count). The lowest BCUT2D eigenvalue weighted by Crippen LogP contribution is -2.24. The van der Waals surface area contributed by atoms with Crippen molar-refractivity contribution in [3.63, 3.8) is 0 Å². The number of ether oxygens (including phenoxy) is 1. The van der Waals surface area contributed by atoms with Crippen LogP contribution >= 0.6 is 0 Å². The van der Waals surface area contributed by atoms with Crippen molar-refractivity contribution in [3.8, 4) is 0 Å². The molecule has 0 fully saturated rings. The van der Waals surface area contributed by atoms with E-state index < -0.39 is 12.8 Å². The fourth-order valence-corrected chi connectivity index (χ4v) is 1.33. The predicted octanol–water partition coefficient (Wildman–Crippen LogP) is 2.04. The maximum absolute atomic E-state index is 11.7. The van der Waals surface area contributed by atoms with Crippen LogP contribution in [-0.2, 0) is 4.74 Å². The van der Waals surface area contributed by atoms with Gasteiger partial charge in [0, 0.05) is 18.7 Å². The molecule has 0 N–H and O–H groups in total. The molecule has 0 atom stereocenters. The molecule has 0 saturated heterocycles. The minimum Gasteiger partial charge on any atom is -0.370 e. The Kier molecular flexibility index (Phi) is 4.38. The topological polar surface area (TPSA) is 24.8 Å². The Balaban J connectivity index is 2.09. The minimum absolute atomic E-state index is 0.0694. The summed E-state index contributed by atoms with van der Waals surface area (Å²) in [5.74, 6) is 0. The summed E-state index contributed by atoms with van der Waals surface area (Å²) < 4.78 is 39.6. The summed E-state index contributed by atoms with van der Waals surface area (Å²) in [5, 5.41) is 5.99. The van der Waals surface area contributed by atoms with E-state index in [1.807, 2.05) is 6.92 Å². The van der Waals surface area contributed by atoms with Crippen LogP contribution in [0, 0.1) is 0 Å². The minimum atomic E-state index is -4.23. The smallest absolute Gasteiger partial charge is 0.370 e. The van der Waals surface area contributed by atoms with Crippen LogP contribution in [0.5, 0.6) is 0 Å². The Labute approximate surface area is 86.9 Å². The quantitative estimate of drug-likeness (QED) is 0.667. The zero-order valence-electron chi connectivity index (χ0n) is 8.68. The normalized spacial score (nSPS) is 17.1. The second-order valence-electron chi connectivity index (χ2n) is 3.39. The molecule has 0 aromatic heterocycles. The molecule has 0 bridgehead atoms. The highest BCUT2D eigenvalue weighted by molar-refractivity contribution is 5.85. The van der Waals surface area contributed by atoms with E-state index in [9.17, 15) is 13.2 Å². The van der Waals surface area contributed by atoms with Gasteiger partial charge in [0.05, 0.1) is 13.2 Å². The van der Waals surface area contributed by atoms with E-state index in [2.05, 4.69) is 9.84 Å². The van der Waals surface area contributed by atoms with E-state index in [0.717, 1.165) is 25.1 Å². The van der Waals surface area contributed by atoms with Crippen LogP contribution < -0.4 is 0 Å². The lowest BCUT2D eigenvalue weighted by atomic mass is 10.2. The van der Waals surface area contributed by atoms with Gasteiger partial charge in [0.1, 0.15) is 6.61 Å². The summed E-state index contributed by atoms with van der Waals surface area (Å²) in [6.45, 7) is 2.13. The number of hydrogen-bond acceptors (Lipinski definition) is 3. The van der Waals surface area contributed by atoms with E-state index in [1.54, 1.807) is 5.01 Å². The van der Waals surface area contributed by atoms with Crippen molar-refractivity contribution in [3.05, 3.63) is 0 Å². The molecule has 0 aromatic rings. The van der Waals surface area contributed by atoms with Crippen LogP contribution in [0.1, 0.15) is 19.8 Å². The van der Waals surface area contributed by atoms with Gasteiger partial charge in [0.15, 0.2) is 0 Å². The number of hydrazone groups is 1. The molecule has 15 heavy (non-hydrogen) atoms. The van der Waals surface area contributed by atoms with E-state index >= 15 is 0 Å². The van der Waals surface area contributed by atoms with Gasteiger partial charge in [-0.2, -0.15) is 18.3 Å². The number of rotatable bonds is 5. The second kappa shape index (κ2) is 5.34. The zero-order chi connectivity index (χ0) is 11.3.